The smallest absolute Gasteiger partial charge is 0.337 e. The molecule has 6 heteroatoms. The van der Waals surface area contributed by atoms with Crippen LogP contribution in [0.5, 0.6) is 0 Å². The van der Waals surface area contributed by atoms with E-state index in [9.17, 15) is 9.59 Å². The minimum Gasteiger partial charge on any atom is -0.478 e. The number of carboxylic acid groups (broad SMARTS) is 1. The van der Waals surface area contributed by atoms with E-state index in [-0.39, 0.29) is 10.4 Å². The molecular weight excluding hydrogens is 192 g/mol. The van der Waals surface area contributed by atoms with Crippen LogP contribution in [-0.4, -0.2) is 21.0 Å². The maximum absolute atomic E-state index is 10.8. The molecule has 0 radical (unpaired) electrons. The second-order valence-corrected chi connectivity index (χ2v) is 3.36. The lowest BCUT2D eigenvalue weighted by Gasteiger charge is -1.91. The molecule has 0 spiro atoms. The zero-order valence-electron chi connectivity index (χ0n) is 6.27. The van der Waals surface area contributed by atoms with Crippen LogP contribution < -0.4 is 4.87 Å². The fraction of sp³-hybridized carbons (Fsp3) is 0. The van der Waals surface area contributed by atoms with E-state index in [4.69, 9.17) is 5.11 Å². The highest BCUT2D eigenvalue weighted by atomic mass is 32.1. The van der Waals surface area contributed by atoms with Crippen molar-refractivity contribution in [2.45, 2.75) is 0 Å². The Morgan fingerprint density at radius 3 is 3.08 bits per heavy atom. The Kier molecular flexibility index (Phi) is 1.63. The number of fused-ring (bicyclic) bond motifs is 1. The van der Waals surface area contributed by atoms with E-state index < -0.39 is 5.97 Å². The lowest BCUT2D eigenvalue weighted by atomic mass is 10.3. The number of pyridine rings is 1. The number of H-pyrrole nitrogens is 1. The standard InChI is InChI=1S/C7H4N2O3S/c10-6(11)3-1-4-5(8-2-3)13-7(12)9-4/h1-2H,(H,9,12)(H,10,11). The monoisotopic (exact) mass is 196 g/mol. The van der Waals surface area contributed by atoms with E-state index in [0.29, 0.717) is 10.3 Å². The molecule has 2 heterocycles. The van der Waals surface area contributed by atoms with Gasteiger partial charge in [0, 0.05) is 6.20 Å². The second kappa shape index (κ2) is 2.67. The van der Waals surface area contributed by atoms with E-state index in [1.165, 1.54) is 12.3 Å². The van der Waals surface area contributed by atoms with Crippen LogP contribution in [0.2, 0.25) is 0 Å². The number of aromatic amines is 1. The molecule has 2 aromatic rings. The van der Waals surface area contributed by atoms with Crippen molar-refractivity contribution >= 4 is 27.7 Å². The van der Waals surface area contributed by atoms with Gasteiger partial charge in [0.15, 0.2) is 0 Å². The topological polar surface area (TPSA) is 83.0 Å². The first-order valence-electron chi connectivity index (χ1n) is 3.39. The Morgan fingerprint density at radius 1 is 1.62 bits per heavy atom. The lowest BCUT2D eigenvalue weighted by Crippen LogP contribution is -1.96. The molecule has 0 aromatic carbocycles. The third-order valence-corrected chi connectivity index (χ3v) is 2.33. The summed E-state index contributed by atoms with van der Waals surface area (Å²) in [5, 5.41) is 8.62. The third kappa shape index (κ3) is 1.31. The SMILES string of the molecule is O=C(O)c1cnc2sc(=O)[nH]c2c1. The molecule has 5 nitrogen and oxygen atoms in total. The third-order valence-electron chi connectivity index (χ3n) is 1.52. The van der Waals surface area contributed by atoms with Gasteiger partial charge >= 0.3 is 10.8 Å². The van der Waals surface area contributed by atoms with Gasteiger partial charge in [0.2, 0.25) is 0 Å². The summed E-state index contributed by atoms with van der Waals surface area (Å²) >= 11 is 0.957. The lowest BCUT2D eigenvalue weighted by molar-refractivity contribution is 0.0696. The van der Waals surface area contributed by atoms with E-state index >= 15 is 0 Å². The maximum atomic E-state index is 10.8. The molecule has 2 rings (SSSR count). The largest absolute Gasteiger partial charge is 0.478 e. The number of rotatable bonds is 1. The van der Waals surface area contributed by atoms with Gasteiger partial charge < -0.3 is 10.1 Å². The molecule has 0 unspecified atom stereocenters. The van der Waals surface area contributed by atoms with Crippen LogP contribution in [0.25, 0.3) is 10.3 Å². The van der Waals surface area contributed by atoms with Gasteiger partial charge in [0.25, 0.3) is 0 Å². The molecule has 13 heavy (non-hydrogen) atoms. The van der Waals surface area contributed by atoms with Crippen LogP contribution in [0.3, 0.4) is 0 Å². The van der Waals surface area contributed by atoms with E-state index in [0.717, 1.165) is 11.3 Å². The fourth-order valence-corrected chi connectivity index (χ4v) is 1.63. The number of nitrogens with zero attached hydrogens (tertiary/aromatic N) is 1. The summed E-state index contributed by atoms with van der Waals surface area (Å²) in [5.74, 6) is -1.05. The summed E-state index contributed by atoms with van der Waals surface area (Å²) in [6.07, 6.45) is 1.23. The van der Waals surface area contributed by atoms with Crippen molar-refractivity contribution in [3.63, 3.8) is 0 Å². The van der Waals surface area contributed by atoms with E-state index in [2.05, 4.69) is 9.97 Å². The molecule has 0 aliphatic carbocycles. The van der Waals surface area contributed by atoms with Gasteiger partial charge in [-0.3, -0.25) is 4.79 Å². The molecule has 0 saturated carbocycles. The van der Waals surface area contributed by atoms with Crippen molar-refractivity contribution in [2.24, 2.45) is 0 Å². The molecular formula is C7H4N2O3S. The first kappa shape index (κ1) is 7.93. The average Bonchev–Trinajstić information content (AvgIpc) is 2.42. The van der Waals surface area contributed by atoms with Crippen molar-refractivity contribution in [1.29, 1.82) is 0 Å². The van der Waals surface area contributed by atoms with Gasteiger partial charge in [0.1, 0.15) is 4.83 Å². The summed E-state index contributed by atoms with van der Waals surface area (Å²) in [6, 6.07) is 1.39. The van der Waals surface area contributed by atoms with Crippen LogP contribution in [-0.2, 0) is 0 Å². The number of carboxylic acids is 1. The summed E-state index contributed by atoms with van der Waals surface area (Å²) < 4.78 is 0. The molecule has 2 N–H and O–H groups in total. The average molecular weight is 196 g/mol. The fourth-order valence-electron chi connectivity index (χ4n) is 0.963. The molecule has 0 aliphatic heterocycles. The minimum atomic E-state index is -1.05. The van der Waals surface area contributed by atoms with Gasteiger partial charge in [-0.1, -0.05) is 11.3 Å². The van der Waals surface area contributed by atoms with Gasteiger partial charge in [-0.2, -0.15) is 0 Å². The minimum absolute atomic E-state index is 0.0709. The van der Waals surface area contributed by atoms with Crippen molar-refractivity contribution < 1.29 is 9.90 Å². The highest BCUT2D eigenvalue weighted by Crippen LogP contribution is 2.12. The van der Waals surface area contributed by atoms with Gasteiger partial charge in [-0.15, -0.1) is 0 Å². The number of hydrogen-bond donors (Lipinski definition) is 2. The van der Waals surface area contributed by atoms with Crippen molar-refractivity contribution in [3.8, 4) is 0 Å². The highest BCUT2D eigenvalue weighted by molar-refractivity contribution is 7.15. The van der Waals surface area contributed by atoms with Crippen LogP contribution in [0, 0.1) is 0 Å². The molecule has 66 valence electrons. The zero-order valence-corrected chi connectivity index (χ0v) is 7.09. The van der Waals surface area contributed by atoms with Crippen LogP contribution >= 0.6 is 11.3 Å². The maximum Gasteiger partial charge on any atom is 0.337 e. The number of carbonyl (C=O) groups is 1. The summed E-state index contributed by atoms with van der Waals surface area (Å²) in [4.78, 5) is 28.0. The first-order chi connectivity index (χ1) is 6.16. The number of thiazole rings is 1. The summed E-state index contributed by atoms with van der Waals surface area (Å²) in [5.41, 5.74) is 0.538. The van der Waals surface area contributed by atoms with Gasteiger partial charge in [0.05, 0.1) is 11.1 Å². The van der Waals surface area contributed by atoms with Crippen LogP contribution in [0.1, 0.15) is 10.4 Å². The Hall–Kier alpha value is -1.69. The number of aromatic nitrogens is 2. The number of aromatic carboxylic acids is 1. The normalized spacial score (nSPS) is 10.5. The summed E-state index contributed by atoms with van der Waals surface area (Å²) in [6.45, 7) is 0. The Labute approximate surface area is 75.7 Å². The number of hydrogen-bond acceptors (Lipinski definition) is 4. The Bertz CT molecular complexity index is 528. The molecule has 0 atom stereocenters. The molecule has 0 fully saturated rings. The zero-order chi connectivity index (χ0) is 9.42. The molecule has 0 amide bonds. The predicted octanol–water partition coefficient (Wildman–Crippen LogP) is 0.683. The predicted molar refractivity (Wildman–Crippen MR) is 47.2 cm³/mol. The van der Waals surface area contributed by atoms with E-state index in [1.807, 2.05) is 0 Å². The quantitative estimate of drug-likeness (QED) is 0.702. The van der Waals surface area contributed by atoms with E-state index in [1.54, 1.807) is 0 Å². The van der Waals surface area contributed by atoms with Crippen molar-refractivity contribution in [2.75, 3.05) is 0 Å². The molecule has 0 bridgehead atoms. The summed E-state index contributed by atoms with van der Waals surface area (Å²) in [7, 11) is 0. The second-order valence-electron chi connectivity index (χ2n) is 2.40. The molecule has 0 saturated heterocycles. The highest BCUT2D eigenvalue weighted by Gasteiger charge is 2.06. The Morgan fingerprint density at radius 2 is 2.38 bits per heavy atom. The van der Waals surface area contributed by atoms with Gasteiger partial charge in [-0.05, 0) is 6.07 Å². The van der Waals surface area contributed by atoms with Crippen LogP contribution in [0.15, 0.2) is 17.1 Å². The first-order valence-corrected chi connectivity index (χ1v) is 4.20. The molecule has 0 aliphatic rings. The Balaban J connectivity index is 2.74. The van der Waals surface area contributed by atoms with Crippen LogP contribution in [0.4, 0.5) is 0 Å². The van der Waals surface area contributed by atoms with Crippen molar-refractivity contribution in [3.05, 3.63) is 27.5 Å². The van der Waals surface area contributed by atoms with Gasteiger partial charge in [-0.25, -0.2) is 9.78 Å². The number of nitrogens with one attached hydrogen (secondary N) is 1. The van der Waals surface area contributed by atoms with Crippen molar-refractivity contribution in [1.82, 2.24) is 9.97 Å². The molecule has 2 aromatic heterocycles.